The molecule has 0 heterocycles. The molecule has 0 aliphatic rings. The predicted molar refractivity (Wildman–Crippen MR) is 81.9 cm³/mol. The van der Waals surface area contributed by atoms with Gasteiger partial charge in [0.05, 0.1) is 0 Å². The van der Waals surface area contributed by atoms with Crippen molar-refractivity contribution in [3.63, 3.8) is 0 Å². The maximum atomic E-state index is 11.2. The molecule has 0 saturated carbocycles. The summed E-state index contributed by atoms with van der Waals surface area (Å²) in [5.74, 6) is -0.0880. The van der Waals surface area contributed by atoms with Gasteiger partial charge in [0.15, 0.2) is 8.32 Å². The molecule has 0 unspecified atom stereocenters. The fourth-order valence-corrected chi connectivity index (χ4v) is 5.09. The monoisotopic (exact) mass is 308 g/mol. The zero-order valence-corrected chi connectivity index (χ0v) is 14.1. The number of phenols is 1. The zero-order valence-electron chi connectivity index (χ0n) is 12.1. The quantitative estimate of drug-likeness (QED) is 0.364. The molecular weight excluding hydrogens is 288 g/mol. The molecular formula is C14H20O4Si2. The van der Waals surface area contributed by atoms with Crippen LogP contribution in [0.3, 0.4) is 0 Å². The molecule has 0 atom stereocenters. The molecule has 0 spiro atoms. The van der Waals surface area contributed by atoms with E-state index in [2.05, 4.69) is 19.7 Å². The van der Waals surface area contributed by atoms with Crippen LogP contribution in [0.5, 0.6) is 5.75 Å². The Labute approximate surface area is 123 Å². The molecule has 20 heavy (non-hydrogen) atoms. The third-order valence-corrected chi connectivity index (χ3v) is 6.85. The van der Waals surface area contributed by atoms with Crippen LogP contribution in [0.15, 0.2) is 36.4 Å². The Bertz CT molecular complexity index is 486. The van der Waals surface area contributed by atoms with Crippen molar-refractivity contribution in [2.24, 2.45) is 0 Å². The van der Waals surface area contributed by atoms with E-state index in [1.165, 1.54) is 0 Å². The molecule has 0 aliphatic carbocycles. The summed E-state index contributed by atoms with van der Waals surface area (Å²) in [5, 5.41) is 9.77. The lowest BCUT2D eigenvalue weighted by Gasteiger charge is -2.23. The van der Waals surface area contributed by atoms with E-state index in [-0.39, 0.29) is 22.0 Å². The fourth-order valence-electron chi connectivity index (χ4n) is 1.60. The van der Waals surface area contributed by atoms with Crippen LogP contribution in [0.4, 0.5) is 0 Å². The third-order valence-electron chi connectivity index (χ3n) is 2.57. The molecule has 1 aromatic carbocycles. The lowest BCUT2D eigenvalue weighted by atomic mass is 10.2. The first kappa shape index (κ1) is 16.7. The molecule has 0 saturated heterocycles. The van der Waals surface area contributed by atoms with E-state index < -0.39 is 8.32 Å². The maximum absolute atomic E-state index is 11.2. The van der Waals surface area contributed by atoms with Crippen molar-refractivity contribution >= 4 is 24.0 Å². The van der Waals surface area contributed by atoms with E-state index in [0.717, 1.165) is 11.6 Å². The van der Waals surface area contributed by atoms with Crippen molar-refractivity contribution in [1.29, 1.82) is 0 Å². The van der Waals surface area contributed by atoms with E-state index in [1.807, 2.05) is 12.1 Å². The van der Waals surface area contributed by atoms with Gasteiger partial charge in [-0.25, -0.2) is 4.79 Å². The van der Waals surface area contributed by atoms with Gasteiger partial charge in [0, 0.05) is 5.57 Å². The number of hydrogen-bond acceptors (Lipinski definition) is 4. The highest BCUT2D eigenvalue weighted by molar-refractivity contribution is 6.74. The van der Waals surface area contributed by atoms with Gasteiger partial charge >= 0.3 is 5.97 Å². The summed E-state index contributed by atoms with van der Waals surface area (Å²) < 4.78 is 10.9. The molecule has 1 N–H and O–H groups in total. The molecule has 108 valence electrons. The molecule has 1 aromatic rings. The number of benzene rings is 1. The number of para-hydroxylation sites is 1. The first-order valence-electron chi connectivity index (χ1n) is 6.32. The van der Waals surface area contributed by atoms with Gasteiger partial charge in [0.25, 0.3) is 9.76 Å². The number of hydrogen-bond donors (Lipinski definition) is 1. The molecule has 0 amide bonds. The molecule has 0 aliphatic heterocycles. The SMILES string of the molecule is C=C(C)C(=O)OC[Si]O[Si](C)(C)Cc1ccccc1O. The van der Waals surface area contributed by atoms with Crippen molar-refractivity contribution < 1.29 is 18.8 Å². The van der Waals surface area contributed by atoms with E-state index in [1.54, 1.807) is 19.1 Å². The largest absolute Gasteiger partial charge is 0.508 e. The Kier molecular flexibility index (Phi) is 6.19. The lowest BCUT2D eigenvalue weighted by molar-refractivity contribution is -0.137. The van der Waals surface area contributed by atoms with Crippen molar-refractivity contribution in [1.82, 2.24) is 0 Å². The number of carbonyl (C=O) groups is 1. The summed E-state index contributed by atoms with van der Waals surface area (Å²) in [4.78, 5) is 11.2. The van der Waals surface area contributed by atoms with E-state index in [9.17, 15) is 9.90 Å². The highest BCUT2D eigenvalue weighted by atomic mass is 28.4. The van der Waals surface area contributed by atoms with Crippen LogP contribution in [0.1, 0.15) is 12.5 Å². The predicted octanol–water partition coefficient (Wildman–Crippen LogP) is 2.39. The average molecular weight is 308 g/mol. The molecule has 4 nitrogen and oxygen atoms in total. The average Bonchev–Trinajstić information content (AvgIpc) is 2.37. The Morgan fingerprint density at radius 3 is 2.65 bits per heavy atom. The summed E-state index contributed by atoms with van der Waals surface area (Å²) in [6.07, 6.45) is 0.253. The van der Waals surface area contributed by atoms with Crippen molar-refractivity contribution in [3.8, 4) is 5.75 Å². The lowest BCUT2D eigenvalue weighted by Crippen LogP contribution is -2.36. The van der Waals surface area contributed by atoms with Crippen molar-refractivity contribution in [2.45, 2.75) is 26.1 Å². The number of aromatic hydroxyl groups is 1. The highest BCUT2D eigenvalue weighted by Crippen LogP contribution is 2.21. The molecule has 0 aromatic heterocycles. The summed E-state index contributed by atoms with van der Waals surface area (Å²) >= 11 is 0. The van der Waals surface area contributed by atoms with Gasteiger partial charge in [-0.3, -0.25) is 0 Å². The minimum Gasteiger partial charge on any atom is -0.508 e. The van der Waals surface area contributed by atoms with Gasteiger partial charge in [0.1, 0.15) is 12.0 Å². The van der Waals surface area contributed by atoms with Gasteiger partial charge in [-0.1, -0.05) is 24.8 Å². The van der Waals surface area contributed by atoms with Crippen molar-refractivity contribution in [3.05, 3.63) is 42.0 Å². The first-order chi connectivity index (χ1) is 9.32. The summed E-state index contributed by atoms with van der Waals surface area (Å²) in [5.41, 5.74) is 1.29. The van der Waals surface area contributed by atoms with Crippen LogP contribution in [-0.2, 0) is 19.7 Å². The Balaban J connectivity index is 2.40. The molecule has 2 radical (unpaired) electrons. The summed E-state index contributed by atoms with van der Waals surface area (Å²) in [7, 11) is -1.82. The molecule has 1 rings (SSSR count). The second-order valence-electron chi connectivity index (χ2n) is 5.17. The second-order valence-corrected chi connectivity index (χ2v) is 10.4. The smallest absolute Gasteiger partial charge is 0.332 e. The topological polar surface area (TPSA) is 55.8 Å². The Morgan fingerprint density at radius 2 is 2.05 bits per heavy atom. The minimum absolute atomic E-state index is 0.114. The van der Waals surface area contributed by atoms with E-state index in [4.69, 9.17) is 8.85 Å². The highest BCUT2D eigenvalue weighted by Gasteiger charge is 2.24. The second kappa shape index (κ2) is 7.42. The number of ether oxygens (including phenoxy) is 1. The first-order valence-corrected chi connectivity index (χ1v) is 10.6. The van der Waals surface area contributed by atoms with Gasteiger partial charge < -0.3 is 14.0 Å². The summed E-state index contributed by atoms with van der Waals surface area (Å²) in [6.45, 7) is 9.28. The summed E-state index contributed by atoms with van der Waals surface area (Å²) in [6, 6.07) is 8.00. The fraction of sp³-hybridized carbons (Fsp3) is 0.357. The van der Waals surface area contributed by atoms with Gasteiger partial charge in [0.2, 0.25) is 0 Å². The van der Waals surface area contributed by atoms with Crippen molar-refractivity contribution in [2.75, 3.05) is 6.23 Å². The molecule has 6 heteroatoms. The third kappa shape index (κ3) is 5.72. The van der Waals surface area contributed by atoms with Crippen LogP contribution >= 0.6 is 0 Å². The number of rotatable bonds is 7. The Morgan fingerprint density at radius 1 is 1.40 bits per heavy atom. The molecule has 0 bridgehead atoms. The van der Waals surface area contributed by atoms with Gasteiger partial charge in [-0.2, -0.15) is 0 Å². The normalized spacial score (nSPS) is 11.2. The molecule has 0 fully saturated rings. The van der Waals surface area contributed by atoms with E-state index >= 15 is 0 Å². The minimum atomic E-state index is -1.94. The Hall–Kier alpha value is -1.38. The van der Waals surface area contributed by atoms with Crippen LogP contribution < -0.4 is 0 Å². The number of esters is 1. The standard InChI is InChI=1S/C14H20O4Si2/c1-11(2)14(16)17-10-19-18-20(3,4)9-12-7-5-6-8-13(12)15/h5-8,15H,1,9-10H2,2-4H3. The van der Waals surface area contributed by atoms with Gasteiger partial charge in [-0.05, 0) is 37.7 Å². The number of carbonyl (C=O) groups excluding carboxylic acids is 1. The number of phenolic OH excluding ortho intramolecular Hbond substituents is 1. The van der Waals surface area contributed by atoms with Gasteiger partial charge in [-0.15, -0.1) is 0 Å². The van der Waals surface area contributed by atoms with Crippen LogP contribution in [0.25, 0.3) is 0 Å². The maximum Gasteiger partial charge on any atom is 0.332 e. The van der Waals surface area contributed by atoms with Crippen LogP contribution in [0.2, 0.25) is 13.1 Å². The zero-order chi connectivity index (χ0) is 15.2. The van der Waals surface area contributed by atoms with Crippen LogP contribution in [0, 0.1) is 0 Å². The van der Waals surface area contributed by atoms with E-state index in [0.29, 0.717) is 11.3 Å². The van der Waals surface area contributed by atoms with Crippen LogP contribution in [-0.4, -0.2) is 35.4 Å².